The van der Waals surface area contributed by atoms with E-state index in [-0.39, 0.29) is 0 Å². The van der Waals surface area contributed by atoms with E-state index in [2.05, 4.69) is 44.9 Å². The standard InChI is InChI=1S/C13H17BrN2/c1-9-6-13(4-5-15-9)16-11-2-3-12(16)8-10(14)7-11/h4-6,10-12H,2-3,7-8H2,1H3. The number of piperidine rings is 1. The van der Waals surface area contributed by atoms with E-state index >= 15 is 0 Å². The lowest BCUT2D eigenvalue weighted by Crippen LogP contribution is -2.43. The first-order valence-electron chi connectivity index (χ1n) is 6.09. The quantitative estimate of drug-likeness (QED) is 0.734. The van der Waals surface area contributed by atoms with Gasteiger partial charge in [-0.2, -0.15) is 0 Å². The molecular weight excluding hydrogens is 264 g/mol. The van der Waals surface area contributed by atoms with Crippen molar-refractivity contribution in [1.29, 1.82) is 0 Å². The molecule has 3 rings (SSSR count). The molecule has 2 fully saturated rings. The van der Waals surface area contributed by atoms with E-state index < -0.39 is 0 Å². The lowest BCUT2D eigenvalue weighted by atomic mass is 10.0. The summed E-state index contributed by atoms with van der Waals surface area (Å²) in [6.45, 7) is 2.07. The topological polar surface area (TPSA) is 16.1 Å². The zero-order valence-electron chi connectivity index (χ0n) is 9.56. The smallest absolute Gasteiger partial charge is 0.0404 e. The van der Waals surface area contributed by atoms with Crippen LogP contribution in [0, 0.1) is 6.92 Å². The SMILES string of the molecule is Cc1cc(N2C3CCC2CC(Br)C3)ccn1. The van der Waals surface area contributed by atoms with Gasteiger partial charge in [-0.3, -0.25) is 4.98 Å². The molecule has 3 heterocycles. The van der Waals surface area contributed by atoms with Gasteiger partial charge in [0.05, 0.1) is 0 Å². The van der Waals surface area contributed by atoms with E-state index in [1.54, 1.807) is 0 Å². The maximum absolute atomic E-state index is 4.28. The molecule has 3 heteroatoms. The predicted octanol–water partition coefficient (Wildman–Crippen LogP) is 3.28. The second-order valence-electron chi connectivity index (χ2n) is 5.02. The maximum Gasteiger partial charge on any atom is 0.0404 e. The van der Waals surface area contributed by atoms with Crippen molar-refractivity contribution >= 4 is 21.6 Å². The third-order valence-electron chi connectivity index (χ3n) is 3.85. The summed E-state index contributed by atoms with van der Waals surface area (Å²) in [5.74, 6) is 0. The van der Waals surface area contributed by atoms with Crippen LogP contribution in [-0.4, -0.2) is 21.9 Å². The molecule has 0 saturated carbocycles. The van der Waals surface area contributed by atoms with Gasteiger partial charge in [0, 0.05) is 34.5 Å². The number of aromatic nitrogens is 1. The van der Waals surface area contributed by atoms with Gasteiger partial charge in [-0.15, -0.1) is 0 Å². The van der Waals surface area contributed by atoms with Crippen LogP contribution in [0.15, 0.2) is 18.3 Å². The summed E-state index contributed by atoms with van der Waals surface area (Å²) in [7, 11) is 0. The Kier molecular flexibility index (Phi) is 2.66. The molecule has 2 aliphatic heterocycles. The number of pyridine rings is 1. The first-order valence-corrected chi connectivity index (χ1v) is 7.00. The summed E-state index contributed by atoms with van der Waals surface area (Å²) >= 11 is 3.78. The van der Waals surface area contributed by atoms with E-state index in [4.69, 9.17) is 0 Å². The molecule has 2 bridgehead atoms. The van der Waals surface area contributed by atoms with E-state index in [1.807, 2.05) is 6.20 Å². The van der Waals surface area contributed by atoms with Crippen molar-refractivity contribution < 1.29 is 0 Å². The normalized spacial score (nSPS) is 33.1. The van der Waals surface area contributed by atoms with Gasteiger partial charge < -0.3 is 4.90 Å². The van der Waals surface area contributed by atoms with Gasteiger partial charge in [0.25, 0.3) is 0 Å². The van der Waals surface area contributed by atoms with Crippen LogP contribution < -0.4 is 4.90 Å². The van der Waals surface area contributed by atoms with Gasteiger partial charge in [-0.25, -0.2) is 0 Å². The van der Waals surface area contributed by atoms with Crippen LogP contribution in [0.25, 0.3) is 0 Å². The molecule has 2 atom stereocenters. The third-order valence-corrected chi connectivity index (χ3v) is 4.60. The number of aryl methyl sites for hydroxylation is 1. The molecule has 0 N–H and O–H groups in total. The summed E-state index contributed by atoms with van der Waals surface area (Å²) in [5.41, 5.74) is 2.50. The highest BCUT2D eigenvalue weighted by Crippen LogP contribution is 2.41. The van der Waals surface area contributed by atoms with Gasteiger partial charge in [0.2, 0.25) is 0 Å². The largest absolute Gasteiger partial charge is 0.365 e. The van der Waals surface area contributed by atoms with Gasteiger partial charge in [0.1, 0.15) is 0 Å². The van der Waals surface area contributed by atoms with Crippen molar-refractivity contribution in [2.24, 2.45) is 0 Å². The number of halogens is 1. The Balaban J connectivity index is 1.91. The summed E-state index contributed by atoms with van der Waals surface area (Å²) in [5, 5.41) is 0. The van der Waals surface area contributed by atoms with Gasteiger partial charge in [0.15, 0.2) is 0 Å². The fourth-order valence-corrected chi connectivity index (χ4v) is 4.09. The van der Waals surface area contributed by atoms with Crippen molar-refractivity contribution in [3.8, 4) is 0 Å². The van der Waals surface area contributed by atoms with Crippen LogP contribution in [-0.2, 0) is 0 Å². The lowest BCUT2D eigenvalue weighted by Gasteiger charge is -2.39. The van der Waals surface area contributed by atoms with Crippen molar-refractivity contribution in [3.63, 3.8) is 0 Å². The molecule has 0 aromatic carbocycles. The number of alkyl halides is 1. The van der Waals surface area contributed by atoms with Gasteiger partial charge in [-0.05, 0) is 44.7 Å². The maximum atomic E-state index is 4.28. The molecule has 0 amide bonds. The van der Waals surface area contributed by atoms with Crippen LogP contribution in [0.3, 0.4) is 0 Å². The monoisotopic (exact) mass is 280 g/mol. The van der Waals surface area contributed by atoms with Crippen LogP contribution in [0.4, 0.5) is 5.69 Å². The number of anilines is 1. The molecule has 2 aliphatic rings. The molecule has 0 radical (unpaired) electrons. The van der Waals surface area contributed by atoms with Crippen molar-refractivity contribution in [2.75, 3.05) is 4.90 Å². The average Bonchev–Trinajstić information content (AvgIpc) is 2.51. The summed E-state index contributed by atoms with van der Waals surface area (Å²) in [6.07, 6.45) is 7.22. The van der Waals surface area contributed by atoms with Crippen molar-refractivity contribution in [1.82, 2.24) is 4.98 Å². The summed E-state index contributed by atoms with van der Waals surface area (Å²) < 4.78 is 0. The van der Waals surface area contributed by atoms with E-state index in [0.717, 1.165) is 22.6 Å². The minimum absolute atomic E-state index is 0.726. The summed E-state index contributed by atoms with van der Waals surface area (Å²) in [6, 6.07) is 5.86. The Bertz CT molecular complexity index is 379. The highest BCUT2D eigenvalue weighted by molar-refractivity contribution is 9.09. The minimum Gasteiger partial charge on any atom is -0.365 e. The number of rotatable bonds is 1. The highest BCUT2D eigenvalue weighted by atomic mass is 79.9. The Morgan fingerprint density at radius 1 is 1.31 bits per heavy atom. The van der Waals surface area contributed by atoms with Crippen LogP contribution in [0.2, 0.25) is 0 Å². The molecule has 0 spiro atoms. The second-order valence-corrected chi connectivity index (χ2v) is 6.31. The molecule has 2 unspecified atom stereocenters. The molecule has 16 heavy (non-hydrogen) atoms. The number of hydrogen-bond donors (Lipinski definition) is 0. The van der Waals surface area contributed by atoms with E-state index in [9.17, 15) is 0 Å². The molecular formula is C13H17BrN2. The first kappa shape index (κ1) is 10.6. The van der Waals surface area contributed by atoms with E-state index in [0.29, 0.717) is 0 Å². The molecule has 1 aromatic rings. The van der Waals surface area contributed by atoms with Crippen molar-refractivity contribution in [3.05, 3.63) is 24.0 Å². The number of hydrogen-bond acceptors (Lipinski definition) is 2. The second kappa shape index (κ2) is 4.02. The van der Waals surface area contributed by atoms with Crippen LogP contribution in [0.5, 0.6) is 0 Å². The van der Waals surface area contributed by atoms with Gasteiger partial charge in [-0.1, -0.05) is 15.9 Å². The fourth-order valence-electron chi connectivity index (χ4n) is 3.22. The molecule has 2 nitrogen and oxygen atoms in total. The Morgan fingerprint density at radius 3 is 2.62 bits per heavy atom. The Morgan fingerprint density at radius 2 is 2.00 bits per heavy atom. The number of nitrogens with zero attached hydrogens (tertiary/aromatic N) is 2. The third kappa shape index (κ3) is 1.75. The minimum atomic E-state index is 0.726. The Hall–Kier alpha value is -0.570. The van der Waals surface area contributed by atoms with Crippen LogP contribution in [0.1, 0.15) is 31.4 Å². The predicted molar refractivity (Wildman–Crippen MR) is 70.2 cm³/mol. The van der Waals surface area contributed by atoms with Crippen molar-refractivity contribution in [2.45, 2.75) is 49.5 Å². The molecule has 0 aliphatic carbocycles. The zero-order chi connectivity index (χ0) is 11.1. The zero-order valence-corrected chi connectivity index (χ0v) is 11.2. The Labute approximate surface area is 105 Å². The average molecular weight is 281 g/mol. The highest BCUT2D eigenvalue weighted by Gasteiger charge is 2.39. The van der Waals surface area contributed by atoms with Gasteiger partial charge >= 0.3 is 0 Å². The molecule has 1 aromatic heterocycles. The lowest BCUT2D eigenvalue weighted by molar-refractivity contribution is 0.483. The molecule has 2 saturated heterocycles. The van der Waals surface area contributed by atoms with Crippen LogP contribution >= 0.6 is 15.9 Å². The summed E-state index contributed by atoms with van der Waals surface area (Å²) in [4.78, 5) is 7.64. The first-order chi connectivity index (χ1) is 7.74. The van der Waals surface area contributed by atoms with E-state index in [1.165, 1.54) is 31.4 Å². The fraction of sp³-hybridized carbons (Fsp3) is 0.615. The molecule has 86 valence electrons. The number of fused-ring (bicyclic) bond motifs is 2.